The molecule has 3 rings (SSSR count). The van der Waals surface area contributed by atoms with E-state index in [1.807, 2.05) is 54.6 Å². The van der Waals surface area contributed by atoms with Gasteiger partial charge in [0.05, 0.1) is 12.2 Å². The normalized spacial score (nSPS) is 14.3. The maximum atomic E-state index is 12.1. The molecule has 0 aliphatic carbocycles. The second-order valence-electron chi connectivity index (χ2n) is 5.68. The van der Waals surface area contributed by atoms with Gasteiger partial charge in [0.2, 0.25) is 11.8 Å². The van der Waals surface area contributed by atoms with Crippen LogP contribution in [0.3, 0.4) is 0 Å². The summed E-state index contributed by atoms with van der Waals surface area (Å²) in [6.07, 6.45) is 6.99. The lowest BCUT2D eigenvalue weighted by atomic mass is 10.1. The van der Waals surface area contributed by atoms with Gasteiger partial charge in [-0.2, -0.15) is 0 Å². The summed E-state index contributed by atoms with van der Waals surface area (Å²) in [6, 6.07) is 13.3. The molecular weight excluding hydrogens is 302 g/mol. The van der Waals surface area contributed by atoms with E-state index < -0.39 is 0 Å². The van der Waals surface area contributed by atoms with Crippen molar-refractivity contribution in [1.82, 2.24) is 9.88 Å². The molecule has 24 heavy (non-hydrogen) atoms. The Morgan fingerprint density at radius 3 is 2.88 bits per heavy atom. The van der Waals surface area contributed by atoms with Crippen molar-refractivity contribution in [2.24, 2.45) is 0 Å². The van der Waals surface area contributed by atoms with Crippen LogP contribution < -0.4 is 5.32 Å². The molecule has 2 aromatic rings. The summed E-state index contributed by atoms with van der Waals surface area (Å²) in [7, 11) is 0. The minimum absolute atomic E-state index is 0.0530. The second-order valence-corrected chi connectivity index (χ2v) is 5.68. The van der Waals surface area contributed by atoms with Gasteiger partial charge in [-0.05, 0) is 42.3 Å². The van der Waals surface area contributed by atoms with Gasteiger partial charge in [0.25, 0.3) is 0 Å². The largest absolute Gasteiger partial charge is 0.333 e. The minimum Gasteiger partial charge on any atom is -0.333 e. The third-order valence-corrected chi connectivity index (χ3v) is 3.81. The number of benzene rings is 1. The zero-order valence-electron chi connectivity index (χ0n) is 13.3. The van der Waals surface area contributed by atoms with Crippen LogP contribution in [0.5, 0.6) is 0 Å². The molecule has 0 atom stereocenters. The monoisotopic (exact) mass is 321 g/mol. The van der Waals surface area contributed by atoms with Gasteiger partial charge in [0.15, 0.2) is 0 Å². The number of nitrogens with one attached hydrogen (secondary N) is 1. The quantitative estimate of drug-likeness (QED) is 0.921. The predicted octanol–water partition coefficient (Wildman–Crippen LogP) is 2.81. The van der Waals surface area contributed by atoms with Gasteiger partial charge in [0.1, 0.15) is 0 Å². The fourth-order valence-corrected chi connectivity index (χ4v) is 2.62. The molecule has 1 aliphatic heterocycles. The van der Waals surface area contributed by atoms with E-state index >= 15 is 0 Å². The van der Waals surface area contributed by atoms with Crippen LogP contribution >= 0.6 is 0 Å². The first-order valence-corrected chi connectivity index (χ1v) is 7.97. The zero-order valence-corrected chi connectivity index (χ0v) is 13.3. The van der Waals surface area contributed by atoms with Crippen molar-refractivity contribution >= 4 is 29.7 Å². The first-order chi connectivity index (χ1) is 11.7. The summed E-state index contributed by atoms with van der Waals surface area (Å²) in [5.41, 5.74) is 2.56. The Morgan fingerprint density at radius 1 is 1.21 bits per heavy atom. The average molecular weight is 321 g/mol. The van der Waals surface area contributed by atoms with E-state index in [1.54, 1.807) is 11.1 Å². The summed E-state index contributed by atoms with van der Waals surface area (Å²) >= 11 is 0. The van der Waals surface area contributed by atoms with Crippen molar-refractivity contribution in [1.29, 1.82) is 0 Å². The highest BCUT2D eigenvalue weighted by Gasteiger charge is 2.22. The topological polar surface area (TPSA) is 62.3 Å². The third kappa shape index (κ3) is 4.29. The molecule has 1 saturated heterocycles. The highest BCUT2D eigenvalue weighted by Crippen LogP contribution is 2.14. The number of likely N-dealkylation sites (tertiary alicyclic amines) is 1. The Balaban J connectivity index is 1.61. The fraction of sp³-hybridized carbons (Fsp3) is 0.211. The molecule has 0 radical (unpaired) electrons. The molecule has 122 valence electrons. The van der Waals surface area contributed by atoms with Crippen LogP contribution in [0.4, 0.5) is 5.69 Å². The van der Waals surface area contributed by atoms with Gasteiger partial charge in [0, 0.05) is 24.8 Å². The van der Waals surface area contributed by atoms with Gasteiger partial charge in [-0.25, -0.2) is 0 Å². The summed E-state index contributed by atoms with van der Waals surface area (Å²) in [5, 5.41) is 2.85. The number of amides is 2. The molecule has 1 aliphatic rings. The van der Waals surface area contributed by atoms with E-state index in [0.29, 0.717) is 13.0 Å². The van der Waals surface area contributed by atoms with Crippen LogP contribution in [0.1, 0.15) is 24.1 Å². The van der Waals surface area contributed by atoms with Crippen LogP contribution in [0, 0.1) is 0 Å². The summed E-state index contributed by atoms with van der Waals surface area (Å²) in [4.78, 5) is 29.5. The van der Waals surface area contributed by atoms with E-state index in [4.69, 9.17) is 0 Å². The van der Waals surface area contributed by atoms with Crippen molar-refractivity contribution in [3.8, 4) is 0 Å². The van der Waals surface area contributed by atoms with Crippen LogP contribution in [-0.4, -0.2) is 34.8 Å². The molecule has 0 spiro atoms. The molecule has 2 heterocycles. The van der Waals surface area contributed by atoms with Crippen LogP contribution in [0.25, 0.3) is 12.2 Å². The number of carbonyl (C=O) groups is 2. The van der Waals surface area contributed by atoms with Crippen molar-refractivity contribution in [3.05, 3.63) is 59.9 Å². The van der Waals surface area contributed by atoms with E-state index in [1.165, 1.54) is 0 Å². The van der Waals surface area contributed by atoms with Crippen LogP contribution in [-0.2, 0) is 9.59 Å². The van der Waals surface area contributed by atoms with Crippen molar-refractivity contribution in [2.75, 3.05) is 18.4 Å². The van der Waals surface area contributed by atoms with E-state index in [-0.39, 0.29) is 18.4 Å². The van der Waals surface area contributed by atoms with Crippen LogP contribution in [0.15, 0.2) is 48.7 Å². The molecule has 2 amide bonds. The molecule has 1 N–H and O–H groups in total. The second kappa shape index (κ2) is 7.55. The lowest BCUT2D eigenvalue weighted by molar-refractivity contribution is -0.131. The maximum Gasteiger partial charge on any atom is 0.243 e. The predicted molar refractivity (Wildman–Crippen MR) is 94.1 cm³/mol. The van der Waals surface area contributed by atoms with E-state index in [2.05, 4.69) is 10.3 Å². The van der Waals surface area contributed by atoms with E-state index in [9.17, 15) is 9.59 Å². The summed E-state index contributed by atoms with van der Waals surface area (Å²) in [5.74, 6) is -0.117. The summed E-state index contributed by atoms with van der Waals surface area (Å²) < 4.78 is 0. The van der Waals surface area contributed by atoms with Gasteiger partial charge in [-0.15, -0.1) is 0 Å². The van der Waals surface area contributed by atoms with Crippen molar-refractivity contribution in [3.63, 3.8) is 0 Å². The van der Waals surface area contributed by atoms with Gasteiger partial charge in [-0.3, -0.25) is 14.6 Å². The zero-order chi connectivity index (χ0) is 16.8. The minimum atomic E-state index is -0.170. The Bertz CT molecular complexity index is 756. The lowest BCUT2D eigenvalue weighted by Gasteiger charge is -2.15. The number of hydrogen-bond acceptors (Lipinski definition) is 3. The van der Waals surface area contributed by atoms with Crippen molar-refractivity contribution < 1.29 is 9.59 Å². The maximum absolute atomic E-state index is 12.1. The van der Waals surface area contributed by atoms with Crippen molar-refractivity contribution in [2.45, 2.75) is 12.8 Å². The number of aromatic nitrogens is 1. The smallest absolute Gasteiger partial charge is 0.243 e. The molecule has 0 bridgehead atoms. The number of carbonyl (C=O) groups excluding carboxylic acids is 2. The average Bonchev–Trinajstić information content (AvgIpc) is 2.99. The molecule has 1 aromatic heterocycles. The van der Waals surface area contributed by atoms with Gasteiger partial charge < -0.3 is 10.2 Å². The number of nitrogens with zero attached hydrogens (tertiary/aromatic N) is 2. The molecule has 0 saturated carbocycles. The highest BCUT2D eigenvalue weighted by atomic mass is 16.2. The molecule has 1 aromatic carbocycles. The van der Waals surface area contributed by atoms with Crippen LogP contribution in [0.2, 0.25) is 0 Å². The van der Waals surface area contributed by atoms with E-state index in [0.717, 1.165) is 23.4 Å². The molecule has 1 fully saturated rings. The SMILES string of the molecule is O=C(CN1CCCC1=O)Nc1cccc(/C=C/c2ccccn2)c1. The number of anilines is 1. The van der Waals surface area contributed by atoms with Gasteiger partial charge >= 0.3 is 0 Å². The first kappa shape index (κ1) is 15.9. The number of pyridine rings is 1. The Labute approximate surface area is 141 Å². The standard InChI is InChI=1S/C19H19N3O2/c23-18(14-22-12-4-8-19(22)24)21-17-7-3-5-15(13-17)9-10-16-6-1-2-11-20-16/h1-3,5-7,9-11,13H,4,8,12,14H2,(H,21,23)/b10-9+. The molecule has 0 unspecified atom stereocenters. The number of rotatable bonds is 5. The Morgan fingerprint density at radius 2 is 2.12 bits per heavy atom. The first-order valence-electron chi connectivity index (χ1n) is 7.97. The fourth-order valence-electron chi connectivity index (χ4n) is 2.62. The Hall–Kier alpha value is -2.95. The highest BCUT2D eigenvalue weighted by molar-refractivity contribution is 5.95. The van der Waals surface area contributed by atoms with Gasteiger partial charge in [-0.1, -0.05) is 24.3 Å². The Kier molecular flexibility index (Phi) is 5.01. The number of hydrogen-bond donors (Lipinski definition) is 1. The third-order valence-electron chi connectivity index (χ3n) is 3.81. The summed E-state index contributed by atoms with van der Waals surface area (Å²) in [6.45, 7) is 0.784. The molecular formula is C19H19N3O2. The molecule has 5 nitrogen and oxygen atoms in total. The lowest BCUT2D eigenvalue weighted by Crippen LogP contribution is -2.33. The molecule has 5 heteroatoms.